The van der Waals surface area contributed by atoms with Gasteiger partial charge in [-0.1, -0.05) is 18.9 Å². The maximum Gasteiger partial charge on any atom is 0.143 e. The zero-order chi connectivity index (χ0) is 10.7. The Kier molecular flexibility index (Phi) is 2.86. The lowest BCUT2D eigenvalue weighted by Crippen LogP contribution is -2.15. The Bertz CT molecular complexity index is 389. The lowest BCUT2D eigenvalue weighted by atomic mass is 10.1. The molecule has 1 fully saturated rings. The number of rotatable bonds is 2. The Hall–Kier alpha value is -1.56. The SMILES string of the molecule is N#Cc1c(F)cccc1NC1CCCC1. The predicted molar refractivity (Wildman–Crippen MR) is 57.0 cm³/mol. The summed E-state index contributed by atoms with van der Waals surface area (Å²) in [7, 11) is 0. The number of anilines is 1. The van der Waals surface area contributed by atoms with Crippen LogP contribution < -0.4 is 5.32 Å². The van der Waals surface area contributed by atoms with Crippen LogP contribution >= 0.6 is 0 Å². The van der Waals surface area contributed by atoms with Crippen LogP contribution in [-0.2, 0) is 0 Å². The average Bonchev–Trinajstić information content (AvgIpc) is 2.71. The van der Waals surface area contributed by atoms with Gasteiger partial charge < -0.3 is 5.32 Å². The maximum atomic E-state index is 13.3. The molecule has 0 saturated heterocycles. The number of hydrogen-bond acceptors (Lipinski definition) is 2. The van der Waals surface area contributed by atoms with Crippen LogP contribution in [-0.4, -0.2) is 6.04 Å². The fourth-order valence-electron chi connectivity index (χ4n) is 2.05. The summed E-state index contributed by atoms with van der Waals surface area (Å²) in [6.07, 6.45) is 4.66. The lowest BCUT2D eigenvalue weighted by molar-refractivity contribution is 0.623. The topological polar surface area (TPSA) is 35.8 Å². The summed E-state index contributed by atoms with van der Waals surface area (Å²) in [6, 6.07) is 7.02. The summed E-state index contributed by atoms with van der Waals surface area (Å²) in [6.45, 7) is 0. The van der Waals surface area contributed by atoms with E-state index in [-0.39, 0.29) is 5.56 Å². The molecule has 0 bridgehead atoms. The van der Waals surface area contributed by atoms with E-state index in [1.165, 1.54) is 18.9 Å². The lowest BCUT2D eigenvalue weighted by Gasteiger charge is -2.14. The first kappa shape index (κ1) is 9.97. The van der Waals surface area contributed by atoms with E-state index in [1.807, 2.05) is 6.07 Å². The van der Waals surface area contributed by atoms with Gasteiger partial charge in [-0.25, -0.2) is 4.39 Å². The summed E-state index contributed by atoms with van der Waals surface area (Å²) in [5.74, 6) is -0.444. The van der Waals surface area contributed by atoms with Crippen LogP contribution in [0.4, 0.5) is 10.1 Å². The average molecular weight is 204 g/mol. The van der Waals surface area contributed by atoms with Gasteiger partial charge in [-0.3, -0.25) is 0 Å². The number of hydrogen-bond donors (Lipinski definition) is 1. The van der Waals surface area contributed by atoms with Crippen molar-refractivity contribution in [2.24, 2.45) is 0 Å². The first-order valence-corrected chi connectivity index (χ1v) is 5.26. The van der Waals surface area contributed by atoms with Gasteiger partial charge >= 0.3 is 0 Å². The van der Waals surface area contributed by atoms with E-state index >= 15 is 0 Å². The van der Waals surface area contributed by atoms with Gasteiger partial charge in [0.2, 0.25) is 0 Å². The van der Waals surface area contributed by atoms with Crippen molar-refractivity contribution >= 4 is 5.69 Å². The molecule has 1 saturated carbocycles. The summed E-state index contributed by atoms with van der Waals surface area (Å²) < 4.78 is 13.3. The molecule has 0 atom stereocenters. The maximum absolute atomic E-state index is 13.3. The third-order valence-electron chi connectivity index (χ3n) is 2.84. The summed E-state index contributed by atoms with van der Waals surface area (Å²) >= 11 is 0. The first-order chi connectivity index (χ1) is 7.31. The molecule has 1 aliphatic carbocycles. The Morgan fingerprint density at radius 2 is 2.07 bits per heavy atom. The molecular formula is C12H13FN2. The second-order valence-electron chi connectivity index (χ2n) is 3.90. The van der Waals surface area contributed by atoms with Gasteiger partial charge in [0, 0.05) is 6.04 Å². The van der Waals surface area contributed by atoms with Gasteiger partial charge in [-0.05, 0) is 25.0 Å². The molecule has 0 amide bonds. The van der Waals surface area contributed by atoms with Crippen molar-refractivity contribution in [1.82, 2.24) is 0 Å². The van der Waals surface area contributed by atoms with E-state index in [9.17, 15) is 4.39 Å². The Morgan fingerprint density at radius 1 is 1.33 bits per heavy atom. The van der Waals surface area contributed by atoms with Crippen molar-refractivity contribution in [2.75, 3.05) is 5.32 Å². The number of nitrogens with zero attached hydrogens (tertiary/aromatic N) is 1. The molecule has 78 valence electrons. The number of halogens is 1. The van der Waals surface area contributed by atoms with Gasteiger partial charge in [-0.15, -0.1) is 0 Å². The van der Waals surface area contributed by atoms with Crippen LogP contribution in [0.1, 0.15) is 31.2 Å². The molecule has 3 heteroatoms. The molecule has 0 heterocycles. The second kappa shape index (κ2) is 4.31. The molecule has 1 aromatic rings. The molecule has 15 heavy (non-hydrogen) atoms. The molecule has 0 aromatic heterocycles. The molecule has 2 rings (SSSR count). The quantitative estimate of drug-likeness (QED) is 0.803. The third-order valence-corrected chi connectivity index (χ3v) is 2.84. The fraction of sp³-hybridized carbons (Fsp3) is 0.417. The Labute approximate surface area is 88.7 Å². The van der Waals surface area contributed by atoms with Gasteiger partial charge in [0.1, 0.15) is 17.4 Å². The van der Waals surface area contributed by atoms with Crippen LogP contribution in [0.2, 0.25) is 0 Å². The summed E-state index contributed by atoms with van der Waals surface area (Å²) in [4.78, 5) is 0. The van der Waals surface area contributed by atoms with Crippen molar-refractivity contribution in [3.63, 3.8) is 0 Å². The van der Waals surface area contributed by atoms with Crippen LogP contribution in [0, 0.1) is 17.1 Å². The highest BCUT2D eigenvalue weighted by atomic mass is 19.1. The Morgan fingerprint density at radius 3 is 2.73 bits per heavy atom. The Balaban J connectivity index is 2.20. The molecular weight excluding hydrogens is 191 g/mol. The van der Waals surface area contributed by atoms with E-state index in [0.717, 1.165) is 12.8 Å². The summed E-state index contributed by atoms with van der Waals surface area (Å²) in [5.41, 5.74) is 0.758. The van der Waals surface area contributed by atoms with Crippen molar-refractivity contribution in [3.05, 3.63) is 29.6 Å². The number of benzene rings is 1. The molecule has 2 nitrogen and oxygen atoms in total. The van der Waals surface area contributed by atoms with E-state index in [0.29, 0.717) is 11.7 Å². The normalized spacial score (nSPS) is 16.3. The molecule has 1 aliphatic rings. The minimum Gasteiger partial charge on any atom is -0.381 e. The highest BCUT2D eigenvalue weighted by Gasteiger charge is 2.16. The van der Waals surface area contributed by atoms with E-state index in [4.69, 9.17) is 5.26 Å². The third kappa shape index (κ3) is 2.10. The smallest absolute Gasteiger partial charge is 0.143 e. The highest BCUT2D eigenvalue weighted by Crippen LogP contribution is 2.25. The predicted octanol–water partition coefficient (Wildman–Crippen LogP) is 3.05. The van der Waals surface area contributed by atoms with Crippen LogP contribution in [0.3, 0.4) is 0 Å². The van der Waals surface area contributed by atoms with Gasteiger partial charge in [-0.2, -0.15) is 5.26 Å². The van der Waals surface area contributed by atoms with Crippen molar-refractivity contribution in [2.45, 2.75) is 31.7 Å². The molecule has 0 radical (unpaired) electrons. The minimum absolute atomic E-state index is 0.129. The van der Waals surface area contributed by atoms with E-state index in [1.54, 1.807) is 12.1 Å². The van der Waals surface area contributed by atoms with E-state index < -0.39 is 5.82 Å². The zero-order valence-corrected chi connectivity index (χ0v) is 8.46. The van der Waals surface area contributed by atoms with Crippen LogP contribution in [0.15, 0.2) is 18.2 Å². The molecule has 1 aromatic carbocycles. The molecule has 0 aliphatic heterocycles. The van der Waals surface area contributed by atoms with Crippen molar-refractivity contribution in [3.8, 4) is 6.07 Å². The first-order valence-electron chi connectivity index (χ1n) is 5.26. The monoisotopic (exact) mass is 204 g/mol. The van der Waals surface area contributed by atoms with Crippen molar-refractivity contribution in [1.29, 1.82) is 5.26 Å². The molecule has 1 N–H and O–H groups in total. The standard InChI is InChI=1S/C12H13FN2/c13-11-6-3-7-12(10(11)8-14)15-9-4-1-2-5-9/h3,6-7,9,15H,1-2,4-5H2. The van der Waals surface area contributed by atoms with Crippen LogP contribution in [0.25, 0.3) is 0 Å². The number of nitriles is 1. The number of nitrogens with one attached hydrogen (secondary N) is 1. The highest BCUT2D eigenvalue weighted by molar-refractivity contribution is 5.58. The summed E-state index contributed by atoms with van der Waals surface area (Å²) in [5, 5.41) is 12.1. The molecule has 0 unspecified atom stereocenters. The largest absolute Gasteiger partial charge is 0.381 e. The van der Waals surface area contributed by atoms with Gasteiger partial charge in [0.15, 0.2) is 0 Å². The fourth-order valence-corrected chi connectivity index (χ4v) is 2.05. The zero-order valence-electron chi connectivity index (χ0n) is 8.46. The van der Waals surface area contributed by atoms with E-state index in [2.05, 4.69) is 5.32 Å². The van der Waals surface area contributed by atoms with Crippen LogP contribution in [0.5, 0.6) is 0 Å². The van der Waals surface area contributed by atoms with Gasteiger partial charge in [0.25, 0.3) is 0 Å². The van der Waals surface area contributed by atoms with Crippen molar-refractivity contribution < 1.29 is 4.39 Å². The van der Waals surface area contributed by atoms with Gasteiger partial charge in [0.05, 0.1) is 5.69 Å². The molecule has 0 spiro atoms. The second-order valence-corrected chi connectivity index (χ2v) is 3.90. The minimum atomic E-state index is -0.444.